The molecule has 1 fully saturated rings. The van der Waals surface area contributed by atoms with Gasteiger partial charge in [0, 0.05) is 70.9 Å². The first-order chi connectivity index (χ1) is 14.8. The molecule has 0 unspecified atom stereocenters. The molecule has 0 bridgehead atoms. The van der Waals surface area contributed by atoms with Crippen molar-refractivity contribution in [2.45, 2.75) is 19.4 Å². The molecule has 1 saturated heterocycles. The van der Waals surface area contributed by atoms with Gasteiger partial charge in [0.15, 0.2) is 5.96 Å². The molecule has 0 amide bonds. The zero-order valence-corrected chi connectivity index (χ0v) is 21.0. The van der Waals surface area contributed by atoms with Crippen molar-refractivity contribution in [1.82, 2.24) is 25.3 Å². The number of rotatable bonds is 10. The Morgan fingerprint density at radius 2 is 1.71 bits per heavy atom. The number of benzene rings is 1. The number of aromatic nitrogens is 2. The van der Waals surface area contributed by atoms with Crippen LogP contribution in [0.2, 0.25) is 0 Å². The first kappa shape index (κ1) is 25.3. The topological polar surface area (TPSA) is 70.0 Å². The van der Waals surface area contributed by atoms with Gasteiger partial charge in [-0.2, -0.15) is 5.10 Å². The number of ether oxygens (including phenoxy) is 1. The molecule has 0 radical (unpaired) electrons. The van der Waals surface area contributed by atoms with Crippen LogP contribution < -0.4 is 20.3 Å². The van der Waals surface area contributed by atoms with Crippen LogP contribution in [0.25, 0.3) is 0 Å². The summed E-state index contributed by atoms with van der Waals surface area (Å²) >= 11 is 0. The highest BCUT2D eigenvalue weighted by atomic mass is 127. The minimum absolute atomic E-state index is 0. The maximum atomic E-state index is 5.25. The van der Waals surface area contributed by atoms with Gasteiger partial charge in [-0.3, -0.25) is 14.6 Å². The second kappa shape index (κ2) is 14.1. The summed E-state index contributed by atoms with van der Waals surface area (Å²) in [5.41, 5.74) is 1.28. The van der Waals surface area contributed by atoms with E-state index >= 15 is 0 Å². The van der Waals surface area contributed by atoms with Gasteiger partial charge < -0.3 is 20.3 Å². The van der Waals surface area contributed by atoms with E-state index in [1.54, 1.807) is 7.11 Å². The van der Waals surface area contributed by atoms with Crippen LogP contribution in [0.15, 0.2) is 47.7 Å². The molecule has 0 saturated carbocycles. The summed E-state index contributed by atoms with van der Waals surface area (Å²) in [5, 5.41) is 11.0. The van der Waals surface area contributed by atoms with Gasteiger partial charge in [0.1, 0.15) is 5.75 Å². The minimum Gasteiger partial charge on any atom is -0.497 e. The highest BCUT2D eigenvalue weighted by Gasteiger charge is 2.16. The van der Waals surface area contributed by atoms with E-state index < -0.39 is 0 Å². The van der Waals surface area contributed by atoms with Crippen molar-refractivity contribution in [3.05, 3.63) is 42.7 Å². The molecule has 1 aliphatic rings. The van der Waals surface area contributed by atoms with Gasteiger partial charge in [-0.25, -0.2) is 0 Å². The van der Waals surface area contributed by atoms with Crippen molar-refractivity contribution < 1.29 is 4.74 Å². The Hall–Kier alpha value is -2.01. The summed E-state index contributed by atoms with van der Waals surface area (Å²) in [7, 11) is 3.53. The number of hydrogen-bond acceptors (Lipinski definition) is 5. The van der Waals surface area contributed by atoms with Crippen molar-refractivity contribution in [2.75, 3.05) is 64.9 Å². The molecule has 0 aliphatic carbocycles. The van der Waals surface area contributed by atoms with Crippen LogP contribution in [0.5, 0.6) is 5.75 Å². The Balaban J connectivity index is 0.00000341. The van der Waals surface area contributed by atoms with Gasteiger partial charge in [-0.05, 0) is 49.7 Å². The third-order valence-electron chi connectivity index (χ3n) is 5.39. The van der Waals surface area contributed by atoms with E-state index in [0.29, 0.717) is 0 Å². The Bertz CT molecular complexity index is 744. The summed E-state index contributed by atoms with van der Waals surface area (Å²) in [6, 6.07) is 10.3. The van der Waals surface area contributed by atoms with Crippen molar-refractivity contribution in [2.24, 2.45) is 4.99 Å². The molecular weight excluding hydrogens is 505 g/mol. The number of hydrogen-bond donors (Lipinski definition) is 2. The van der Waals surface area contributed by atoms with Crippen LogP contribution in [0.3, 0.4) is 0 Å². The van der Waals surface area contributed by atoms with Crippen molar-refractivity contribution in [3.63, 3.8) is 0 Å². The Morgan fingerprint density at radius 3 is 2.29 bits per heavy atom. The summed E-state index contributed by atoms with van der Waals surface area (Å²) in [5.74, 6) is 1.78. The number of nitrogens with one attached hydrogen (secondary N) is 2. The number of halogens is 1. The van der Waals surface area contributed by atoms with Crippen molar-refractivity contribution in [1.29, 1.82) is 0 Å². The third kappa shape index (κ3) is 8.56. The predicted octanol–water partition coefficient (Wildman–Crippen LogP) is 2.28. The zero-order chi connectivity index (χ0) is 21.0. The second-order valence-corrected chi connectivity index (χ2v) is 7.43. The molecule has 8 nitrogen and oxygen atoms in total. The molecule has 172 valence electrons. The summed E-state index contributed by atoms with van der Waals surface area (Å²) in [6.07, 6.45) is 5.92. The minimum atomic E-state index is 0. The molecular formula is C22H36IN7O. The normalized spacial score (nSPS) is 14.8. The maximum Gasteiger partial charge on any atom is 0.190 e. The smallest absolute Gasteiger partial charge is 0.190 e. The van der Waals surface area contributed by atoms with E-state index in [2.05, 4.69) is 42.7 Å². The molecule has 9 heteroatoms. The van der Waals surface area contributed by atoms with Gasteiger partial charge in [0.05, 0.1) is 7.11 Å². The van der Waals surface area contributed by atoms with Gasteiger partial charge in [-0.1, -0.05) is 0 Å². The largest absolute Gasteiger partial charge is 0.497 e. The first-order valence-corrected chi connectivity index (χ1v) is 10.8. The number of guanidine groups is 1. The Kier molecular flexibility index (Phi) is 11.5. The molecule has 1 aliphatic heterocycles. The molecule has 1 aromatic heterocycles. The molecule has 2 aromatic rings. The standard InChI is InChI=1S/C22H35N7O.HI/c1-23-22(25-11-4-14-29-15-5-12-26-29)24-10-3-13-27-16-18-28(19-17-27)20-6-8-21(30-2)9-7-20;/h5-9,12,15H,3-4,10-11,13-14,16-19H2,1-2H3,(H2,23,24,25);1H. The van der Waals surface area contributed by atoms with Crippen LogP contribution >= 0.6 is 24.0 Å². The number of anilines is 1. The van der Waals surface area contributed by atoms with Gasteiger partial charge in [0.25, 0.3) is 0 Å². The van der Waals surface area contributed by atoms with E-state index in [-0.39, 0.29) is 24.0 Å². The number of aryl methyl sites for hydroxylation is 1. The summed E-state index contributed by atoms with van der Waals surface area (Å²) < 4.78 is 7.20. The molecule has 0 atom stereocenters. The first-order valence-electron chi connectivity index (χ1n) is 10.8. The van der Waals surface area contributed by atoms with Crippen LogP contribution in [0.1, 0.15) is 12.8 Å². The molecule has 1 aromatic carbocycles. The number of nitrogens with zero attached hydrogens (tertiary/aromatic N) is 5. The molecule has 2 heterocycles. The van der Waals surface area contributed by atoms with Gasteiger partial charge in [0.2, 0.25) is 0 Å². The Labute approximate surface area is 203 Å². The molecule has 0 spiro atoms. The van der Waals surface area contributed by atoms with Crippen LogP contribution in [0.4, 0.5) is 5.69 Å². The van der Waals surface area contributed by atoms with Gasteiger partial charge >= 0.3 is 0 Å². The lowest BCUT2D eigenvalue weighted by Gasteiger charge is -2.36. The SMILES string of the molecule is CN=C(NCCCN1CCN(c2ccc(OC)cc2)CC1)NCCCn1cccn1.I. The average Bonchev–Trinajstić information content (AvgIpc) is 3.32. The fourth-order valence-corrected chi connectivity index (χ4v) is 3.63. The quantitative estimate of drug-likeness (QED) is 0.208. The molecule has 3 rings (SSSR count). The van der Waals surface area contributed by atoms with Crippen LogP contribution in [-0.2, 0) is 6.54 Å². The maximum absolute atomic E-state index is 5.25. The average molecular weight is 541 g/mol. The van der Waals surface area contributed by atoms with E-state index in [1.165, 1.54) is 5.69 Å². The number of methoxy groups -OCH3 is 1. The highest BCUT2D eigenvalue weighted by Crippen LogP contribution is 2.20. The lowest BCUT2D eigenvalue weighted by atomic mass is 10.2. The zero-order valence-electron chi connectivity index (χ0n) is 18.7. The van der Waals surface area contributed by atoms with E-state index in [1.807, 2.05) is 42.3 Å². The number of piperazine rings is 1. The fourth-order valence-electron chi connectivity index (χ4n) is 3.63. The Morgan fingerprint density at radius 1 is 1.03 bits per heavy atom. The fraction of sp³-hybridized carbons (Fsp3) is 0.545. The molecule has 31 heavy (non-hydrogen) atoms. The monoisotopic (exact) mass is 541 g/mol. The van der Waals surface area contributed by atoms with Crippen molar-refractivity contribution >= 4 is 35.6 Å². The lowest BCUT2D eigenvalue weighted by Crippen LogP contribution is -2.47. The van der Waals surface area contributed by atoms with E-state index in [4.69, 9.17) is 4.74 Å². The van der Waals surface area contributed by atoms with Crippen LogP contribution in [-0.4, -0.2) is 80.6 Å². The predicted molar refractivity (Wildman–Crippen MR) is 138 cm³/mol. The second-order valence-electron chi connectivity index (χ2n) is 7.43. The van der Waals surface area contributed by atoms with E-state index in [0.717, 1.165) is 76.9 Å². The summed E-state index contributed by atoms with van der Waals surface area (Å²) in [6.45, 7) is 8.18. The van der Waals surface area contributed by atoms with Crippen molar-refractivity contribution in [3.8, 4) is 5.75 Å². The van der Waals surface area contributed by atoms with E-state index in [9.17, 15) is 0 Å². The van der Waals surface area contributed by atoms with Crippen LogP contribution in [0, 0.1) is 0 Å². The summed E-state index contributed by atoms with van der Waals surface area (Å²) in [4.78, 5) is 9.30. The number of aliphatic imine (C=N–C) groups is 1. The third-order valence-corrected chi connectivity index (χ3v) is 5.39. The lowest BCUT2D eigenvalue weighted by molar-refractivity contribution is 0.255. The highest BCUT2D eigenvalue weighted by molar-refractivity contribution is 14.0. The van der Waals surface area contributed by atoms with Gasteiger partial charge in [-0.15, -0.1) is 24.0 Å². The molecule has 2 N–H and O–H groups in total.